The molecule has 1 atom stereocenters. The molecule has 1 aromatic rings. The standard InChI is InChI=1S/C21H26N2O4/c24-19-2-1-7-22(19)9-15-5-6-21(27-10-15)13-23(14-21)20(25)16-3-4-17-11-26-12-18(17)8-16/h3-4,8,15H,1-2,5-7,9-14H2/t15-/m0/s1. The van der Waals surface area contributed by atoms with Gasteiger partial charge in [-0.3, -0.25) is 9.59 Å². The highest BCUT2D eigenvalue weighted by atomic mass is 16.5. The number of carbonyl (C=O) groups is 2. The number of hydrogen-bond acceptors (Lipinski definition) is 4. The molecule has 0 unspecified atom stereocenters. The molecule has 2 amide bonds. The highest BCUT2D eigenvalue weighted by molar-refractivity contribution is 5.95. The van der Waals surface area contributed by atoms with Crippen LogP contribution in [0.5, 0.6) is 0 Å². The fourth-order valence-electron chi connectivity index (χ4n) is 4.80. The van der Waals surface area contributed by atoms with E-state index in [9.17, 15) is 9.59 Å². The summed E-state index contributed by atoms with van der Waals surface area (Å²) in [4.78, 5) is 28.4. The number of benzene rings is 1. The van der Waals surface area contributed by atoms with Crippen LogP contribution in [0.15, 0.2) is 18.2 Å². The third kappa shape index (κ3) is 3.15. The highest BCUT2D eigenvalue weighted by Crippen LogP contribution is 2.37. The van der Waals surface area contributed by atoms with Crippen molar-refractivity contribution in [2.75, 3.05) is 32.8 Å². The third-order valence-corrected chi connectivity index (χ3v) is 6.50. The van der Waals surface area contributed by atoms with Crippen LogP contribution in [-0.2, 0) is 27.5 Å². The molecule has 1 aromatic carbocycles. The van der Waals surface area contributed by atoms with Gasteiger partial charge < -0.3 is 19.3 Å². The number of likely N-dealkylation sites (tertiary alicyclic amines) is 2. The second kappa shape index (κ2) is 6.60. The number of fused-ring (bicyclic) bond motifs is 1. The van der Waals surface area contributed by atoms with Crippen LogP contribution in [0.3, 0.4) is 0 Å². The maximum Gasteiger partial charge on any atom is 0.254 e. The quantitative estimate of drug-likeness (QED) is 0.816. The summed E-state index contributed by atoms with van der Waals surface area (Å²) in [7, 11) is 0. The number of ether oxygens (including phenoxy) is 2. The SMILES string of the molecule is O=C1CCCN1C[C@@H]1CCC2(CN(C(=O)c3ccc4c(c3)COC4)C2)OC1. The van der Waals surface area contributed by atoms with Gasteiger partial charge in [-0.05, 0) is 42.5 Å². The summed E-state index contributed by atoms with van der Waals surface area (Å²) in [6.45, 7) is 5.02. The second-order valence-corrected chi connectivity index (χ2v) is 8.48. The molecule has 6 heteroatoms. The lowest BCUT2D eigenvalue weighted by Gasteiger charge is -2.53. The molecule has 4 aliphatic heterocycles. The van der Waals surface area contributed by atoms with Gasteiger partial charge in [0.05, 0.1) is 32.9 Å². The molecular formula is C21H26N2O4. The van der Waals surface area contributed by atoms with Crippen molar-refractivity contribution in [3.05, 3.63) is 34.9 Å². The second-order valence-electron chi connectivity index (χ2n) is 8.48. The predicted octanol–water partition coefficient (Wildman–Crippen LogP) is 1.96. The molecular weight excluding hydrogens is 344 g/mol. The van der Waals surface area contributed by atoms with E-state index in [-0.39, 0.29) is 17.4 Å². The number of carbonyl (C=O) groups excluding carboxylic acids is 2. The van der Waals surface area contributed by atoms with Crippen molar-refractivity contribution >= 4 is 11.8 Å². The van der Waals surface area contributed by atoms with Gasteiger partial charge >= 0.3 is 0 Å². The molecule has 5 rings (SSSR count). The molecule has 4 heterocycles. The molecule has 0 N–H and O–H groups in total. The Morgan fingerprint density at radius 3 is 2.81 bits per heavy atom. The maximum absolute atomic E-state index is 12.8. The van der Waals surface area contributed by atoms with Crippen LogP contribution in [0.1, 0.15) is 47.2 Å². The first-order valence-electron chi connectivity index (χ1n) is 10.0. The highest BCUT2D eigenvalue weighted by Gasteiger charge is 2.48. The summed E-state index contributed by atoms with van der Waals surface area (Å²) in [6, 6.07) is 5.89. The van der Waals surface area contributed by atoms with Crippen LogP contribution in [0, 0.1) is 5.92 Å². The molecule has 0 radical (unpaired) electrons. The Hall–Kier alpha value is -1.92. The molecule has 27 heavy (non-hydrogen) atoms. The Bertz CT molecular complexity index is 761. The van der Waals surface area contributed by atoms with Gasteiger partial charge in [0.2, 0.25) is 5.91 Å². The lowest BCUT2D eigenvalue weighted by Crippen LogP contribution is -2.66. The van der Waals surface area contributed by atoms with Gasteiger partial charge in [0, 0.05) is 31.0 Å². The van der Waals surface area contributed by atoms with E-state index in [0.717, 1.165) is 43.5 Å². The third-order valence-electron chi connectivity index (χ3n) is 6.50. The molecule has 4 aliphatic rings. The first kappa shape index (κ1) is 17.2. The Morgan fingerprint density at radius 1 is 1.22 bits per heavy atom. The minimum atomic E-state index is -0.166. The van der Waals surface area contributed by atoms with Crippen molar-refractivity contribution in [1.29, 1.82) is 0 Å². The van der Waals surface area contributed by atoms with Crippen LogP contribution in [0.2, 0.25) is 0 Å². The molecule has 0 saturated carbocycles. The van der Waals surface area contributed by atoms with Crippen molar-refractivity contribution < 1.29 is 19.1 Å². The predicted molar refractivity (Wildman–Crippen MR) is 98.1 cm³/mol. The summed E-state index contributed by atoms with van der Waals surface area (Å²) in [5.41, 5.74) is 2.89. The minimum Gasteiger partial charge on any atom is -0.372 e. The van der Waals surface area contributed by atoms with Crippen LogP contribution < -0.4 is 0 Å². The van der Waals surface area contributed by atoms with Crippen molar-refractivity contribution in [3.8, 4) is 0 Å². The van der Waals surface area contributed by atoms with Gasteiger partial charge in [-0.25, -0.2) is 0 Å². The molecule has 0 bridgehead atoms. The topological polar surface area (TPSA) is 59.1 Å². The van der Waals surface area contributed by atoms with E-state index in [2.05, 4.69) is 0 Å². The summed E-state index contributed by atoms with van der Waals surface area (Å²) in [5.74, 6) is 0.804. The van der Waals surface area contributed by atoms with E-state index in [1.165, 1.54) is 5.56 Å². The van der Waals surface area contributed by atoms with Gasteiger partial charge in [0.25, 0.3) is 5.91 Å². The van der Waals surface area contributed by atoms with Gasteiger partial charge in [0.1, 0.15) is 5.60 Å². The molecule has 6 nitrogen and oxygen atoms in total. The first-order valence-corrected chi connectivity index (χ1v) is 10.0. The lowest BCUT2D eigenvalue weighted by molar-refractivity contribution is -0.169. The van der Waals surface area contributed by atoms with Gasteiger partial charge in [-0.2, -0.15) is 0 Å². The molecule has 3 saturated heterocycles. The summed E-state index contributed by atoms with van der Waals surface area (Å²) >= 11 is 0. The Morgan fingerprint density at radius 2 is 2.07 bits per heavy atom. The largest absolute Gasteiger partial charge is 0.372 e. The Kier molecular flexibility index (Phi) is 4.20. The fourth-order valence-corrected chi connectivity index (χ4v) is 4.80. The number of amides is 2. The van der Waals surface area contributed by atoms with Crippen LogP contribution in [0.4, 0.5) is 0 Å². The minimum absolute atomic E-state index is 0.0868. The van der Waals surface area contributed by atoms with E-state index in [1.807, 2.05) is 28.0 Å². The average Bonchev–Trinajstić information content (AvgIpc) is 3.28. The zero-order chi connectivity index (χ0) is 18.4. The fraction of sp³-hybridized carbons (Fsp3) is 0.619. The number of hydrogen-bond donors (Lipinski definition) is 0. The molecule has 144 valence electrons. The Balaban J connectivity index is 1.14. The van der Waals surface area contributed by atoms with Gasteiger partial charge in [-0.15, -0.1) is 0 Å². The summed E-state index contributed by atoms with van der Waals surface area (Å²) in [5, 5.41) is 0. The van der Waals surface area contributed by atoms with Gasteiger partial charge in [0.15, 0.2) is 0 Å². The molecule has 0 aromatic heterocycles. The number of nitrogens with zero attached hydrogens (tertiary/aromatic N) is 2. The normalized spacial score (nSPS) is 26.4. The van der Waals surface area contributed by atoms with Crippen molar-refractivity contribution in [2.45, 2.75) is 44.5 Å². The molecule has 3 fully saturated rings. The Labute approximate surface area is 159 Å². The van der Waals surface area contributed by atoms with E-state index >= 15 is 0 Å². The van der Waals surface area contributed by atoms with Crippen molar-refractivity contribution in [2.24, 2.45) is 5.92 Å². The zero-order valence-corrected chi connectivity index (χ0v) is 15.6. The molecule has 1 spiro atoms. The van der Waals surface area contributed by atoms with Crippen LogP contribution in [-0.4, -0.2) is 60.0 Å². The van der Waals surface area contributed by atoms with Crippen LogP contribution >= 0.6 is 0 Å². The maximum atomic E-state index is 12.8. The lowest BCUT2D eigenvalue weighted by atomic mass is 9.82. The average molecular weight is 370 g/mol. The van der Waals surface area contributed by atoms with Crippen molar-refractivity contribution in [1.82, 2.24) is 9.80 Å². The smallest absolute Gasteiger partial charge is 0.254 e. The monoisotopic (exact) mass is 370 g/mol. The summed E-state index contributed by atoms with van der Waals surface area (Å²) < 4.78 is 11.6. The zero-order valence-electron chi connectivity index (χ0n) is 15.6. The van der Waals surface area contributed by atoms with E-state index < -0.39 is 0 Å². The van der Waals surface area contributed by atoms with E-state index in [0.29, 0.717) is 45.2 Å². The van der Waals surface area contributed by atoms with E-state index in [4.69, 9.17) is 9.47 Å². The first-order chi connectivity index (χ1) is 13.1. The molecule has 0 aliphatic carbocycles. The van der Waals surface area contributed by atoms with E-state index in [1.54, 1.807) is 0 Å². The van der Waals surface area contributed by atoms with Gasteiger partial charge in [-0.1, -0.05) is 6.07 Å². The van der Waals surface area contributed by atoms with Crippen molar-refractivity contribution in [3.63, 3.8) is 0 Å². The number of rotatable bonds is 3. The van der Waals surface area contributed by atoms with Crippen LogP contribution in [0.25, 0.3) is 0 Å². The summed E-state index contributed by atoms with van der Waals surface area (Å²) in [6.07, 6.45) is 3.73.